The lowest BCUT2D eigenvalue weighted by Crippen LogP contribution is -2.47. The van der Waals surface area contributed by atoms with Crippen LogP contribution in [0.2, 0.25) is 0 Å². The molecular formula is C19H22N2O3. The Morgan fingerprint density at radius 3 is 2.21 bits per heavy atom. The molecule has 2 N–H and O–H groups in total. The molecule has 0 radical (unpaired) electrons. The smallest absolute Gasteiger partial charge is 0.279 e. The summed E-state index contributed by atoms with van der Waals surface area (Å²) in [5, 5.41) is 0. The average molecular weight is 326 g/mol. The Balaban J connectivity index is 1.84. The maximum absolute atomic E-state index is 12.0. The van der Waals surface area contributed by atoms with E-state index in [0.29, 0.717) is 11.3 Å². The normalized spacial score (nSPS) is 11.5. The highest BCUT2D eigenvalue weighted by Gasteiger charge is 2.15. The number of hydrogen-bond donors (Lipinski definition) is 2. The van der Waals surface area contributed by atoms with E-state index in [-0.39, 0.29) is 5.91 Å². The fourth-order valence-electron chi connectivity index (χ4n) is 2.06. The number of nitrogens with one attached hydrogen (secondary N) is 2. The lowest BCUT2D eigenvalue weighted by molar-refractivity contribution is -0.128. The highest BCUT2D eigenvalue weighted by molar-refractivity contribution is 5.95. The molecule has 5 heteroatoms. The fraction of sp³-hybridized carbons (Fsp3) is 0.263. The molecule has 1 atom stereocenters. The largest absolute Gasteiger partial charge is 0.481 e. The van der Waals surface area contributed by atoms with E-state index in [1.54, 1.807) is 19.1 Å². The number of benzene rings is 2. The maximum atomic E-state index is 12.0. The summed E-state index contributed by atoms with van der Waals surface area (Å²) in [6.45, 7) is 5.64. The highest BCUT2D eigenvalue weighted by atomic mass is 16.5. The molecule has 0 spiro atoms. The quantitative estimate of drug-likeness (QED) is 0.830. The molecule has 2 rings (SSSR count). The van der Waals surface area contributed by atoms with E-state index in [2.05, 4.69) is 17.8 Å². The fourth-order valence-corrected chi connectivity index (χ4v) is 2.06. The molecule has 0 bridgehead atoms. The lowest BCUT2D eigenvalue weighted by Gasteiger charge is -2.15. The summed E-state index contributed by atoms with van der Waals surface area (Å²) in [4.78, 5) is 24.0. The molecule has 5 nitrogen and oxygen atoms in total. The summed E-state index contributed by atoms with van der Waals surface area (Å²) in [6, 6.07) is 14.6. The van der Waals surface area contributed by atoms with Crippen molar-refractivity contribution in [2.75, 3.05) is 0 Å². The molecule has 0 aliphatic carbocycles. The van der Waals surface area contributed by atoms with Crippen LogP contribution in [0.3, 0.4) is 0 Å². The molecule has 0 saturated heterocycles. The van der Waals surface area contributed by atoms with E-state index >= 15 is 0 Å². The summed E-state index contributed by atoms with van der Waals surface area (Å²) in [5.41, 5.74) is 7.50. The predicted molar refractivity (Wildman–Crippen MR) is 92.7 cm³/mol. The van der Waals surface area contributed by atoms with Gasteiger partial charge >= 0.3 is 0 Å². The van der Waals surface area contributed by atoms with Gasteiger partial charge in [0.05, 0.1) is 0 Å². The topological polar surface area (TPSA) is 67.4 Å². The van der Waals surface area contributed by atoms with Gasteiger partial charge < -0.3 is 4.74 Å². The molecule has 2 aromatic carbocycles. The Bertz CT molecular complexity index is 694. The van der Waals surface area contributed by atoms with Gasteiger partial charge in [-0.25, -0.2) is 0 Å². The van der Waals surface area contributed by atoms with Crippen molar-refractivity contribution in [2.24, 2.45) is 0 Å². The Kier molecular flexibility index (Phi) is 5.95. The van der Waals surface area contributed by atoms with Crippen LogP contribution < -0.4 is 15.6 Å². The minimum atomic E-state index is -0.726. The second-order valence-electron chi connectivity index (χ2n) is 5.57. The van der Waals surface area contributed by atoms with Crippen LogP contribution in [-0.2, 0) is 11.2 Å². The van der Waals surface area contributed by atoms with Crippen molar-refractivity contribution in [3.05, 3.63) is 65.2 Å². The van der Waals surface area contributed by atoms with Crippen LogP contribution in [0.15, 0.2) is 48.5 Å². The van der Waals surface area contributed by atoms with Crippen molar-refractivity contribution in [1.82, 2.24) is 10.9 Å². The van der Waals surface area contributed by atoms with E-state index < -0.39 is 12.0 Å². The molecule has 0 aliphatic heterocycles. The minimum Gasteiger partial charge on any atom is -0.481 e. The van der Waals surface area contributed by atoms with Crippen LogP contribution in [-0.4, -0.2) is 17.9 Å². The lowest BCUT2D eigenvalue weighted by atomic mass is 10.1. The summed E-state index contributed by atoms with van der Waals surface area (Å²) >= 11 is 0. The van der Waals surface area contributed by atoms with E-state index in [0.717, 1.165) is 12.0 Å². The first kappa shape index (κ1) is 17.5. The summed E-state index contributed by atoms with van der Waals surface area (Å²) in [5.74, 6) is -0.183. The number of hydrogen-bond acceptors (Lipinski definition) is 3. The first-order valence-electron chi connectivity index (χ1n) is 7.92. The van der Waals surface area contributed by atoms with E-state index in [1.807, 2.05) is 43.3 Å². The molecule has 2 aromatic rings. The van der Waals surface area contributed by atoms with Crippen LogP contribution in [0.25, 0.3) is 0 Å². The molecule has 126 valence electrons. The Morgan fingerprint density at radius 1 is 1.00 bits per heavy atom. The average Bonchev–Trinajstić information content (AvgIpc) is 2.60. The molecule has 2 amide bonds. The van der Waals surface area contributed by atoms with Gasteiger partial charge in [0.15, 0.2) is 6.10 Å². The van der Waals surface area contributed by atoms with Gasteiger partial charge in [0.1, 0.15) is 5.75 Å². The third kappa shape index (κ3) is 4.84. The van der Waals surface area contributed by atoms with Crippen LogP contribution in [0.5, 0.6) is 5.75 Å². The van der Waals surface area contributed by atoms with Gasteiger partial charge in [0, 0.05) is 5.56 Å². The van der Waals surface area contributed by atoms with Gasteiger partial charge in [-0.3, -0.25) is 20.4 Å². The number of aryl methyl sites for hydroxylation is 2. The van der Waals surface area contributed by atoms with Crippen LogP contribution in [0.1, 0.15) is 35.3 Å². The molecular weight excluding hydrogens is 304 g/mol. The van der Waals surface area contributed by atoms with Gasteiger partial charge in [0.25, 0.3) is 11.8 Å². The maximum Gasteiger partial charge on any atom is 0.279 e. The van der Waals surface area contributed by atoms with E-state index in [1.165, 1.54) is 5.56 Å². The van der Waals surface area contributed by atoms with Gasteiger partial charge in [-0.15, -0.1) is 0 Å². The van der Waals surface area contributed by atoms with Gasteiger partial charge in [-0.05, 0) is 50.1 Å². The van der Waals surface area contributed by atoms with Gasteiger partial charge in [-0.2, -0.15) is 0 Å². The van der Waals surface area contributed by atoms with Gasteiger partial charge in [-0.1, -0.05) is 36.8 Å². The number of rotatable bonds is 5. The Labute approximate surface area is 142 Å². The van der Waals surface area contributed by atoms with E-state index in [9.17, 15) is 9.59 Å². The number of hydrazine groups is 1. The number of ether oxygens (including phenoxy) is 1. The molecule has 1 unspecified atom stereocenters. The van der Waals surface area contributed by atoms with Gasteiger partial charge in [0.2, 0.25) is 0 Å². The van der Waals surface area contributed by atoms with Crippen molar-refractivity contribution in [2.45, 2.75) is 33.3 Å². The number of amides is 2. The number of carbonyl (C=O) groups excluding carboxylic acids is 2. The van der Waals surface area contributed by atoms with E-state index in [4.69, 9.17) is 4.74 Å². The molecule has 0 aromatic heterocycles. The van der Waals surface area contributed by atoms with Crippen LogP contribution >= 0.6 is 0 Å². The zero-order valence-electron chi connectivity index (χ0n) is 14.1. The monoisotopic (exact) mass is 326 g/mol. The molecule has 24 heavy (non-hydrogen) atoms. The second kappa shape index (κ2) is 8.15. The predicted octanol–water partition coefficient (Wildman–Crippen LogP) is 2.79. The zero-order chi connectivity index (χ0) is 17.5. The van der Waals surface area contributed by atoms with Crippen molar-refractivity contribution >= 4 is 11.8 Å². The number of carbonyl (C=O) groups is 2. The highest BCUT2D eigenvalue weighted by Crippen LogP contribution is 2.14. The third-order valence-electron chi connectivity index (χ3n) is 3.63. The molecule has 0 aliphatic rings. The zero-order valence-corrected chi connectivity index (χ0v) is 14.1. The summed E-state index contributed by atoms with van der Waals surface area (Å²) in [7, 11) is 0. The molecule has 0 heterocycles. The molecule has 0 fully saturated rings. The van der Waals surface area contributed by atoms with Crippen molar-refractivity contribution in [1.29, 1.82) is 0 Å². The molecule has 0 saturated carbocycles. The van der Waals surface area contributed by atoms with Crippen molar-refractivity contribution in [3.8, 4) is 5.75 Å². The minimum absolute atomic E-state index is 0.372. The van der Waals surface area contributed by atoms with Crippen molar-refractivity contribution in [3.63, 3.8) is 0 Å². The third-order valence-corrected chi connectivity index (χ3v) is 3.63. The van der Waals surface area contributed by atoms with Crippen molar-refractivity contribution < 1.29 is 14.3 Å². The SMILES string of the molecule is CCc1ccc(OC(C)C(=O)NNC(=O)c2ccc(C)cc2)cc1. The van der Waals surface area contributed by atoms with Crippen LogP contribution in [0, 0.1) is 6.92 Å². The second-order valence-corrected chi connectivity index (χ2v) is 5.57. The first-order chi connectivity index (χ1) is 11.5. The Hall–Kier alpha value is -2.82. The van der Waals surface area contributed by atoms with Crippen LogP contribution in [0.4, 0.5) is 0 Å². The summed E-state index contributed by atoms with van der Waals surface area (Å²) in [6.07, 6.45) is 0.220. The standard InChI is InChI=1S/C19H22N2O3/c1-4-15-7-11-17(12-8-15)24-14(3)18(22)20-21-19(23)16-9-5-13(2)6-10-16/h5-12,14H,4H2,1-3H3,(H,20,22)(H,21,23). The summed E-state index contributed by atoms with van der Waals surface area (Å²) < 4.78 is 5.57. The first-order valence-corrected chi connectivity index (χ1v) is 7.92. The Morgan fingerprint density at radius 2 is 1.62 bits per heavy atom.